The molecule has 0 N–H and O–H groups in total. The van der Waals surface area contributed by atoms with Crippen molar-refractivity contribution in [2.24, 2.45) is 0 Å². The van der Waals surface area contributed by atoms with Crippen LogP contribution in [-0.4, -0.2) is 20.2 Å². The molecule has 0 fully saturated rings. The summed E-state index contributed by atoms with van der Waals surface area (Å²) in [5.74, 6) is 0.702. The van der Waals surface area contributed by atoms with Gasteiger partial charge in [0.25, 0.3) is 0 Å². The summed E-state index contributed by atoms with van der Waals surface area (Å²) in [5, 5.41) is 13.4. The Morgan fingerprint density at radius 2 is 0.973 bits per heavy atom. The number of nitrogens with zero attached hydrogens (tertiary/aromatic N) is 4. The standard InChI is InChI=1S/C33H26N4/c1-25-13-11-12-20-31(25)26-21-23-27(24-22-26)32-34-35-36-37(32)33(28-14-5-2-6-15-28,29-16-7-3-8-17-29)30-18-9-4-10-19-30/h2-24H,1H3. The third-order valence-electron chi connectivity index (χ3n) is 6.96. The first-order valence-corrected chi connectivity index (χ1v) is 12.4. The van der Waals surface area contributed by atoms with Gasteiger partial charge in [-0.3, -0.25) is 0 Å². The third kappa shape index (κ3) is 3.93. The maximum absolute atomic E-state index is 4.64. The molecule has 5 aromatic carbocycles. The molecular weight excluding hydrogens is 452 g/mol. The van der Waals surface area contributed by atoms with Crippen LogP contribution < -0.4 is 0 Å². The van der Waals surface area contributed by atoms with Crippen LogP contribution >= 0.6 is 0 Å². The highest BCUT2D eigenvalue weighted by atomic mass is 15.6. The van der Waals surface area contributed by atoms with Crippen molar-refractivity contribution in [3.8, 4) is 22.5 Å². The Morgan fingerprint density at radius 3 is 1.49 bits per heavy atom. The molecule has 178 valence electrons. The number of aromatic nitrogens is 4. The topological polar surface area (TPSA) is 43.6 Å². The molecule has 6 rings (SSSR count). The summed E-state index contributed by atoms with van der Waals surface area (Å²) in [7, 11) is 0. The molecule has 0 aliphatic carbocycles. The fourth-order valence-electron chi connectivity index (χ4n) is 5.19. The van der Waals surface area contributed by atoms with E-state index in [1.165, 1.54) is 16.7 Å². The molecular formula is C33H26N4. The highest BCUT2D eigenvalue weighted by Crippen LogP contribution is 2.42. The van der Waals surface area contributed by atoms with Gasteiger partial charge < -0.3 is 0 Å². The first kappa shape index (κ1) is 22.6. The maximum Gasteiger partial charge on any atom is 0.183 e. The third-order valence-corrected chi connectivity index (χ3v) is 6.96. The molecule has 37 heavy (non-hydrogen) atoms. The molecule has 0 spiro atoms. The Bertz CT molecular complexity index is 1510. The molecule has 0 saturated carbocycles. The molecule has 0 amide bonds. The quantitative estimate of drug-likeness (QED) is 0.239. The average molecular weight is 479 g/mol. The van der Waals surface area contributed by atoms with Crippen LogP contribution in [0.25, 0.3) is 22.5 Å². The van der Waals surface area contributed by atoms with E-state index in [1.54, 1.807) is 0 Å². The first-order chi connectivity index (χ1) is 18.3. The van der Waals surface area contributed by atoms with Crippen molar-refractivity contribution in [1.82, 2.24) is 20.2 Å². The highest BCUT2D eigenvalue weighted by Gasteiger charge is 2.41. The van der Waals surface area contributed by atoms with E-state index in [0.29, 0.717) is 5.82 Å². The van der Waals surface area contributed by atoms with Gasteiger partial charge in [0, 0.05) is 5.56 Å². The zero-order valence-corrected chi connectivity index (χ0v) is 20.6. The molecule has 1 heterocycles. The second-order valence-electron chi connectivity index (χ2n) is 9.12. The van der Waals surface area contributed by atoms with Crippen LogP contribution in [0.4, 0.5) is 0 Å². The van der Waals surface area contributed by atoms with E-state index >= 15 is 0 Å². The van der Waals surface area contributed by atoms with Gasteiger partial charge in [-0.2, -0.15) is 0 Å². The van der Waals surface area contributed by atoms with E-state index in [0.717, 1.165) is 22.3 Å². The van der Waals surface area contributed by atoms with Crippen LogP contribution in [0.3, 0.4) is 0 Å². The fourth-order valence-corrected chi connectivity index (χ4v) is 5.19. The Balaban J connectivity index is 1.59. The molecule has 6 aromatic rings. The molecule has 1 aromatic heterocycles. The van der Waals surface area contributed by atoms with Crippen LogP contribution in [0.1, 0.15) is 22.3 Å². The van der Waals surface area contributed by atoms with Gasteiger partial charge in [0.2, 0.25) is 0 Å². The minimum atomic E-state index is -0.767. The smallest absolute Gasteiger partial charge is 0.183 e. The summed E-state index contributed by atoms with van der Waals surface area (Å²) in [5.41, 5.74) is 7.07. The van der Waals surface area contributed by atoms with Gasteiger partial charge in [0.15, 0.2) is 5.82 Å². The molecule has 0 radical (unpaired) electrons. The van der Waals surface area contributed by atoms with Gasteiger partial charge in [-0.05, 0) is 50.7 Å². The highest BCUT2D eigenvalue weighted by molar-refractivity contribution is 5.70. The van der Waals surface area contributed by atoms with Crippen LogP contribution in [0.2, 0.25) is 0 Å². The number of tetrazole rings is 1. The molecule has 4 nitrogen and oxygen atoms in total. The van der Waals surface area contributed by atoms with Crippen molar-refractivity contribution in [3.63, 3.8) is 0 Å². The number of benzene rings is 5. The zero-order valence-electron chi connectivity index (χ0n) is 20.6. The lowest BCUT2D eigenvalue weighted by Crippen LogP contribution is -2.39. The molecule has 0 saturated heterocycles. The number of hydrogen-bond donors (Lipinski definition) is 0. The number of hydrogen-bond acceptors (Lipinski definition) is 3. The van der Waals surface area contributed by atoms with Crippen molar-refractivity contribution < 1.29 is 0 Å². The minimum Gasteiger partial charge on any atom is -0.206 e. The van der Waals surface area contributed by atoms with Crippen LogP contribution in [0, 0.1) is 6.92 Å². The van der Waals surface area contributed by atoms with E-state index in [2.05, 4.69) is 144 Å². The second-order valence-corrected chi connectivity index (χ2v) is 9.12. The Hall–Kier alpha value is -4.83. The lowest BCUT2D eigenvalue weighted by Gasteiger charge is -2.36. The van der Waals surface area contributed by atoms with Crippen LogP contribution in [0.5, 0.6) is 0 Å². The molecule has 0 aliphatic rings. The van der Waals surface area contributed by atoms with Crippen molar-refractivity contribution in [2.45, 2.75) is 12.5 Å². The fraction of sp³-hybridized carbons (Fsp3) is 0.0606. The van der Waals surface area contributed by atoms with Crippen LogP contribution in [-0.2, 0) is 5.54 Å². The van der Waals surface area contributed by atoms with Gasteiger partial charge >= 0.3 is 0 Å². The van der Waals surface area contributed by atoms with Crippen LogP contribution in [0.15, 0.2) is 140 Å². The predicted molar refractivity (Wildman–Crippen MR) is 148 cm³/mol. The van der Waals surface area contributed by atoms with E-state index in [1.807, 2.05) is 22.9 Å². The number of aryl methyl sites for hydroxylation is 1. The molecule has 0 atom stereocenters. The van der Waals surface area contributed by atoms with Gasteiger partial charge in [0.1, 0.15) is 5.54 Å². The van der Waals surface area contributed by atoms with E-state index in [4.69, 9.17) is 0 Å². The maximum atomic E-state index is 4.64. The lowest BCUT2D eigenvalue weighted by molar-refractivity contribution is 0.451. The normalized spacial score (nSPS) is 11.4. The molecule has 4 heteroatoms. The molecule has 0 aliphatic heterocycles. The Kier molecular flexibility index (Phi) is 5.91. The summed E-state index contributed by atoms with van der Waals surface area (Å²) >= 11 is 0. The Morgan fingerprint density at radius 1 is 0.514 bits per heavy atom. The molecule has 0 bridgehead atoms. The van der Waals surface area contributed by atoms with Crippen molar-refractivity contribution in [1.29, 1.82) is 0 Å². The summed E-state index contributed by atoms with van der Waals surface area (Å²) < 4.78 is 1.97. The zero-order chi connectivity index (χ0) is 25.1. The summed E-state index contributed by atoms with van der Waals surface area (Å²) in [4.78, 5) is 0. The average Bonchev–Trinajstić information content (AvgIpc) is 3.46. The lowest BCUT2D eigenvalue weighted by atomic mass is 9.77. The SMILES string of the molecule is Cc1ccccc1-c1ccc(-c2nnnn2C(c2ccccc2)(c2ccccc2)c2ccccc2)cc1. The summed E-state index contributed by atoms with van der Waals surface area (Å²) in [6, 6.07) is 48.3. The van der Waals surface area contributed by atoms with Gasteiger partial charge in [0.05, 0.1) is 0 Å². The second kappa shape index (κ2) is 9.67. The first-order valence-electron chi connectivity index (χ1n) is 12.4. The van der Waals surface area contributed by atoms with Gasteiger partial charge in [-0.25, -0.2) is 4.68 Å². The number of rotatable bonds is 6. The van der Waals surface area contributed by atoms with E-state index in [-0.39, 0.29) is 0 Å². The largest absolute Gasteiger partial charge is 0.206 e. The van der Waals surface area contributed by atoms with Crippen molar-refractivity contribution in [3.05, 3.63) is 162 Å². The van der Waals surface area contributed by atoms with Gasteiger partial charge in [-0.1, -0.05) is 140 Å². The van der Waals surface area contributed by atoms with E-state index in [9.17, 15) is 0 Å². The summed E-state index contributed by atoms with van der Waals surface area (Å²) in [6.07, 6.45) is 0. The van der Waals surface area contributed by atoms with Crippen molar-refractivity contribution >= 4 is 0 Å². The van der Waals surface area contributed by atoms with E-state index < -0.39 is 5.54 Å². The van der Waals surface area contributed by atoms with Crippen molar-refractivity contribution in [2.75, 3.05) is 0 Å². The molecule has 0 unspecified atom stereocenters. The minimum absolute atomic E-state index is 0.702. The predicted octanol–water partition coefficient (Wildman–Crippen LogP) is 7.16. The van der Waals surface area contributed by atoms with Gasteiger partial charge in [-0.15, -0.1) is 5.10 Å². The monoisotopic (exact) mass is 478 g/mol. The summed E-state index contributed by atoms with van der Waals surface area (Å²) in [6.45, 7) is 2.14. The Labute approximate surface area is 216 Å².